The molecule has 0 aliphatic rings. The summed E-state index contributed by atoms with van der Waals surface area (Å²) in [5.74, 6) is 1.29. The molecule has 0 fully saturated rings. The van der Waals surface area contributed by atoms with Crippen molar-refractivity contribution in [3.8, 4) is 5.75 Å². The molecule has 106 valence electrons. The molecule has 0 spiro atoms. The second-order valence-electron chi connectivity index (χ2n) is 5.56. The summed E-state index contributed by atoms with van der Waals surface area (Å²) in [4.78, 5) is 11.9. The van der Waals surface area contributed by atoms with Gasteiger partial charge in [0.1, 0.15) is 5.75 Å². The summed E-state index contributed by atoms with van der Waals surface area (Å²) < 4.78 is 5.68. The fourth-order valence-electron chi connectivity index (χ4n) is 1.89. The van der Waals surface area contributed by atoms with Gasteiger partial charge >= 0.3 is 0 Å². The van der Waals surface area contributed by atoms with Crippen molar-refractivity contribution in [2.75, 3.05) is 6.54 Å². The molecule has 0 aromatic heterocycles. The second kappa shape index (κ2) is 7.17. The Labute approximate surface area is 116 Å². The highest BCUT2D eigenvalue weighted by Crippen LogP contribution is 2.17. The van der Waals surface area contributed by atoms with E-state index in [1.165, 1.54) is 0 Å². The van der Waals surface area contributed by atoms with Gasteiger partial charge in [0.25, 0.3) is 5.91 Å². The zero-order chi connectivity index (χ0) is 14.4. The van der Waals surface area contributed by atoms with Crippen LogP contribution in [0.4, 0.5) is 0 Å². The van der Waals surface area contributed by atoms with Crippen molar-refractivity contribution in [2.24, 2.45) is 5.92 Å². The molecule has 3 nitrogen and oxygen atoms in total. The third-order valence-corrected chi connectivity index (χ3v) is 2.90. The zero-order valence-electron chi connectivity index (χ0n) is 12.6. The van der Waals surface area contributed by atoms with E-state index in [1.54, 1.807) is 6.92 Å². The smallest absolute Gasteiger partial charge is 0.260 e. The minimum Gasteiger partial charge on any atom is -0.481 e. The van der Waals surface area contributed by atoms with Gasteiger partial charge < -0.3 is 10.1 Å². The average molecular weight is 263 g/mol. The number of hydrogen-bond acceptors (Lipinski definition) is 2. The number of ether oxygens (including phenoxy) is 1. The molecule has 3 heteroatoms. The van der Waals surface area contributed by atoms with Gasteiger partial charge in [0.2, 0.25) is 0 Å². The van der Waals surface area contributed by atoms with Gasteiger partial charge in [-0.3, -0.25) is 4.79 Å². The van der Waals surface area contributed by atoms with Crippen molar-refractivity contribution >= 4 is 5.91 Å². The van der Waals surface area contributed by atoms with Crippen LogP contribution in [0.25, 0.3) is 0 Å². The van der Waals surface area contributed by atoms with Crippen molar-refractivity contribution in [3.05, 3.63) is 29.3 Å². The van der Waals surface area contributed by atoms with Crippen LogP contribution in [0.2, 0.25) is 0 Å². The third-order valence-electron chi connectivity index (χ3n) is 2.90. The van der Waals surface area contributed by atoms with Crippen LogP contribution in [0.15, 0.2) is 18.2 Å². The van der Waals surface area contributed by atoms with E-state index in [9.17, 15) is 4.79 Å². The molecule has 0 heterocycles. The maximum atomic E-state index is 11.9. The predicted octanol–water partition coefficient (Wildman–Crippen LogP) is 3.23. The lowest BCUT2D eigenvalue weighted by Gasteiger charge is -2.16. The molecule has 0 saturated heterocycles. The molecular formula is C16H25NO2. The van der Waals surface area contributed by atoms with Crippen LogP contribution in [0.1, 0.15) is 38.3 Å². The molecular weight excluding hydrogens is 238 g/mol. The van der Waals surface area contributed by atoms with Gasteiger partial charge in [0.05, 0.1) is 0 Å². The van der Waals surface area contributed by atoms with Gasteiger partial charge in [-0.15, -0.1) is 0 Å². The average Bonchev–Trinajstić information content (AvgIpc) is 2.26. The Morgan fingerprint density at radius 2 is 1.74 bits per heavy atom. The van der Waals surface area contributed by atoms with Crippen LogP contribution < -0.4 is 10.1 Å². The first kappa shape index (κ1) is 15.5. The number of carbonyl (C=O) groups excluding carboxylic acids is 1. The van der Waals surface area contributed by atoms with E-state index in [-0.39, 0.29) is 5.91 Å². The van der Waals surface area contributed by atoms with E-state index < -0.39 is 6.10 Å². The first-order valence-corrected chi connectivity index (χ1v) is 6.91. The van der Waals surface area contributed by atoms with Gasteiger partial charge in [-0.1, -0.05) is 19.9 Å². The number of rotatable bonds is 6. The van der Waals surface area contributed by atoms with E-state index >= 15 is 0 Å². The molecule has 0 radical (unpaired) electrons. The molecule has 0 aliphatic heterocycles. The number of nitrogens with one attached hydrogen (secondary N) is 1. The largest absolute Gasteiger partial charge is 0.481 e. The maximum Gasteiger partial charge on any atom is 0.260 e. The normalized spacial score (nSPS) is 12.3. The van der Waals surface area contributed by atoms with E-state index in [2.05, 4.69) is 25.2 Å². The van der Waals surface area contributed by atoms with Crippen molar-refractivity contribution in [1.82, 2.24) is 5.32 Å². The summed E-state index contributed by atoms with van der Waals surface area (Å²) in [6.07, 6.45) is 0.524. The number of amides is 1. The van der Waals surface area contributed by atoms with E-state index in [4.69, 9.17) is 4.74 Å². The molecule has 0 saturated carbocycles. The van der Waals surface area contributed by atoms with E-state index in [0.717, 1.165) is 23.3 Å². The lowest BCUT2D eigenvalue weighted by atomic mass is 10.1. The Hall–Kier alpha value is -1.51. The standard InChI is InChI=1S/C16H25NO2/c1-11(2)6-7-17-16(18)14(5)19-15-9-12(3)8-13(4)10-15/h8-11,14H,6-7H2,1-5H3,(H,17,18). The Morgan fingerprint density at radius 3 is 2.26 bits per heavy atom. The van der Waals surface area contributed by atoms with E-state index in [0.29, 0.717) is 12.5 Å². The Kier molecular flexibility index (Phi) is 5.87. The topological polar surface area (TPSA) is 38.3 Å². The van der Waals surface area contributed by atoms with Crippen LogP contribution >= 0.6 is 0 Å². The third kappa shape index (κ3) is 5.77. The minimum atomic E-state index is -0.464. The molecule has 1 amide bonds. The highest BCUT2D eigenvalue weighted by atomic mass is 16.5. The van der Waals surface area contributed by atoms with Gasteiger partial charge in [0.15, 0.2) is 6.10 Å². The van der Waals surface area contributed by atoms with Crippen LogP contribution in [-0.4, -0.2) is 18.6 Å². The lowest BCUT2D eigenvalue weighted by molar-refractivity contribution is -0.127. The first-order chi connectivity index (χ1) is 8.88. The number of aryl methyl sites for hydroxylation is 2. The molecule has 1 aromatic carbocycles. The second-order valence-corrected chi connectivity index (χ2v) is 5.56. The summed E-state index contributed by atoms with van der Waals surface area (Å²) >= 11 is 0. The molecule has 0 bridgehead atoms. The SMILES string of the molecule is Cc1cc(C)cc(OC(C)C(=O)NCCC(C)C)c1. The van der Waals surface area contributed by atoms with Crippen LogP contribution in [0.3, 0.4) is 0 Å². The quantitative estimate of drug-likeness (QED) is 0.855. The summed E-state index contributed by atoms with van der Waals surface area (Å²) in [6.45, 7) is 10.8. The molecule has 1 unspecified atom stereocenters. The van der Waals surface area contributed by atoms with Gasteiger partial charge in [-0.2, -0.15) is 0 Å². The van der Waals surface area contributed by atoms with Crippen LogP contribution in [0, 0.1) is 19.8 Å². The Morgan fingerprint density at radius 1 is 1.16 bits per heavy atom. The molecule has 1 aromatic rings. The molecule has 1 atom stereocenters. The van der Waals surface area contributed by atoms with Crippen molar-refractivity contribution in [2.45, 2.75) is 47.1 Å². The van der Waals surface area contributed by atoms with Crippen molar-refractivity contribution in [1.29, 1.82) is 0 Å². The monoisotopic (exact) mass is 263 g/mol. The number of benzene rings is 1. The Bertz CT molecular complexity index is 407. The van der Waals surface area contributed by atoms with Crippen molar-refractivity contribution < 1.29 is 9.53 Å². The van der Waals surface area contributed by atoms with E-state index in [1.807, 2.05) is 26.0 Å². The predicted molar refractivity (Wildman–Crippen MR) is 78.5 cm³/mol. The molecule has 1 N–H and O–H groups in total. The molecule has 0 aliphatic carbocycles. The van der Waals surface area contributed by atoms with Gasteiger partial charge in [-0.05, 0) is 56.4 Å². The molecule has 19 heavy (non-hydrogen) atoms. The minimum absolute atomic E-state index is 0.0557. The number of hydrogen-bond donors (Lipinski definition) is 1. The van der Waals surface area contributed by atoms with Crippen LogP contribution in [0.5, 0.6) is 5.75 Å². The number of carbonyl (C=O) groups is 1. The summed E-state index contributed by atoms with van der Waals surface area (Å²) in [5, 5.41) is 2.90. The highest BCUT2D eigenvalue weighted by Gasteiger charge is 2.14. The molecule has 1 rings (SSSR count). The van der Waals surface area contributed by atoms with Gasteiger partial charge in [0, 0.05) is 6.54 Å². The summed E-state index contributed by atoms with van der Waals surface area (Å²) in [5.41, 5.74) is 2.28. The van der Waals surface area contributed by atoms with Crippen LogP contribution in [-0.2, 0) is 4.79 Å². The maximum absolute atomic E-state index is 11.9. The lowest BCUT2D eigenvalue weighted by Crippen LogP contribution is -2.37. The summed E-state index contributed by atoms with van der Waals surface area (Å²) in [7, 11) is 0. The first-order valence-electron chi connectivity index (χ1n) is 6.91. The zero-order valence-corrected chi connectivity index (χ0v) is 12.6. The highest BCUT2D eigenvalue weighted by molar-refractivity contribution is 5.80. The fraction of sp³-hybridized carbons (Fsp3) is 0.562. The fourth-order valence-corrected chi connectivity index (χ4v) is 1.89. The Balaban J connectivity index is 2.49. The van der Waals surface area contributed by atoms with Crippen molar-refractivity contribution in [3.63, 3.8) is 0 Å². The van der Waals surface area contributed by atoms with Gasteiger partial charge in [-0.25, -0.2) is 0 Å². The summed E-state index contributed by atoms with van der Waals surface area (Å²) in [6, 6.07) is 5.98.